The standard InChI is InChI=1S/C64H46FNSi/c1-63(2)57-30-16-12-26-51(57)53-36-34-46(41-59(53)63)66(47-35-37-54-52-27-13-17-31-58(52)64(60(54)42-47,43-20-6-3-7-21-43)44-22-8-4-9-23-44)48-38-45(65)39-50(40-48)67(49-24-10-5-11-25-49)61-32-18-14-28-55(61)56-29-15-19-33-62(56)67/h3-42H,1-2H3. The van der Waals surface area contributed by atoms with Gasteiger partial charge in [-0.25, -0.2) is 4.39 Å². The van der Waals surface area contributed by atoms with Crippen LogP contribution in [-0.4, -0.2) is 8.07 Å². The zero-order chi connectivity index (χ0) is 44.9. The minimum absolute atomic E-state index is 0.238. The molecule has 3 aliphatic rings. The molecule has 0 saturated carbocycles. The number of hydrogen-bond acceptors (Lipinski definition) is 1. The molecular weight excluding hydrogens is 830 g/mol. The van der Waals surface area contributed by atoms with Gasteiger partial charge in [0, 0.05) is 22.5 Å². The van der Waals surface area contributed by atoms with Gasteiger partial charge in [0.05, 0.1) is 5.41 Å². The number of halogens is 1. The van der Waals surface area contributed by atoms with Crippen molar-refractivity contribution in [1.82, 2.24) is 0 Å². The highest BCUT2D eigenvalue weighted by Gasteiger charge is 2.50. The van der Waals surface area contributed by atoms with Crippen LogP contribution in [0.4, 0.5) is 21.5 Å². The Balaban J connectivity index is 1.10. The van der Waals surface area contributed by atoms with Crippen molar-refractivity contribution in [2.45, 2.75) is 24.7 Å². The number of benzene rings is 10. The minimum Gasteiger partial charge on any atom is -0.310 e. The number of fused-ring (bicyclic) bond motifs is 9. The summed E-state index contributed by atoms with van der Waals surface area (Å²) >= 11 is 0. The fraction of sp³-hybridized carbons (Fsp3) is 0.0625. The normalized spacial score (nSPS) is 14.9. The topological polar surface area (TPSA) is 3.24 Å². The van der Waals surface area contributed by atoms with Crippen molar-refractivity contribution in [3.05, 3.63) is 282 Å². The third kappa shape index (κ3) is 5.53. The highest BCUT2D eigenvalue weighted by molar-refractivity contribution is 7.22. The van der Waals surface area contributed by atoms with Crippen LogP contribution in [0, 0.1) is 5.82 Å². The molecule has 0 N–H and O–H groups in total. The van der Waals surface area contributed by atoms with Crippen LogP contribution in [0.5, 0.6) is 0 Å². The van der Waals surface area contributed by atoms with Crippen molar-refractivity contribution >= 4 is 45.9 Å². The Kier molecular flexibility index (Phi) is 8.75. The van der Waals surface area contributed by atoms with Crippen molar-refractivity contribution in [3.63, 3.8) is 0 Å². The van der Waals surface area contributed by atoms with E-state index >= 15 is 4.39 Å². The van der Waals surface area contributed by atoms with E-state index in [4.69, 9.17) is 0 Å². The van der Waals surface area contributed by atoms with Gasteiger partial charge in [-0.2, -0.15) is 0 Å². The largest absolute Gasteiger partial charge is 0.310 e. The van der Waals surface area contributed by atoms with Gasteiger partial charge in [-0.15, -0.1) is 0 Å². The van der Waals surface area contributed by atoms with Gasteiger partial charge >= 0.3 is 0 Å². The van der Waals surface area contributed by atoms with Crippen molar-refractivity contribution in [2.24, 2.45) is 0 Å². The van der Waals surface area contributed by atoms with Crippen LogP contribution < -0.4 is 25.6 Å². The summed E-state index contributed by atoms with van der Waals surface area (Å²) in [6.45, 7) is 4.66. The number of rotatable bonds is 7. The molecule has 0 radical (unpaired) electrons. The number of nitrogens with zero attached hydrogens (tertiary/aromatic N) is 1. The first kappa shape index (κ1) is 39.5. The third-order valence-electron chi connectivity index (χ3n) is 15.3. The van der Waals surface area contributed by atoms with E-state index in [1.807, 2.05) is 6.07 Å². The van der Waals surface area contributed by atoms with Gasteiger partial charge in [0.2, 0.25) is 0 Å². The first-order valence-electron chi connectivity index (χ1n) is 23.4. The maximum atomic E-state index is 17.4. The summed E-state index contributed by atoms with van der Waals surface area (Å²) in [6.07, 6.45) is 0. The molecule has 0 spiro atoms. The predicted molar refractivity (Wildman–Crippen MR) is 279 cm³/mol. The molecule has 10 aromatic rings. The van der Waals surface area contributed by atoms with Crippen molar-refractivity contribution < 1.29 is 4.39 Å². The molecule has 0 fully saturated rings. The average Bonchev–Trinajstić information content (AvgIpc) is 3.94. The second-order valence-electron chi connectivity index (χ2n) is 18.9. The molecule has 1 nitrogen and oxygen atoms in total. The highest BCUT2D eigenvalue weighted by Crippen LogP contribution is 2.58. The second-order valence-corrected chi connectivity index (χ2v) is 22.6. The van der Waals surface area contributed by atoms with Crippen LogP contribution in [0.1, 0.15) is 47.2 Å². The average molecular weight is 876 g/mol. The summed E-state index contributed by atoms with van der Waals surface area (Å²) in [5.41, 5.74) is 16.7. The molecule has 1 aliphatic heterocycles. The quantitative estimate of drug-likeness (QED) is 0.144. The lowest BCUT2D eigenvalue weighted by atomic mass is 9.67. The Bertz CT molecular complexity index is 3490. The van der Waals surface area contributed by atoms with Crippen molar-refractivity contribution in [1.29, 1.82) is 0 Å². The Hall–Kier alpha value is -7.85. The summed E-state index contributed by atoms with van der Waals surface area (Å²) < 4.78 is 17.4. The van der Waals surface area contributed by atoms with E-state index in [1.54, 1.807) is 6.07 Å². The molecule has 318 valence electrons. The number of anilines is 3. The van der Waals surface area contributed by atoms with E-state index in [-0.39, 0.29) is 11.2 Å². The molecule has 0 saturated heterocycles. The van der Waals surface area contributed by atoms with Crippen LogP contribution in [-0.2, 0) is 10.8 Å². The summed E-state index contributed by atoms with van der Waals surface area (Å²) in [5, 5.41) is 4.82. The zero-order valence-corrected chi connectivity index (χ0v) is 38.4. The maximum Gasteiger partial charge on any atom is 0.181 e. The van der Waals surface area contributed by atoms with Gasteiger partial charge in [0.1, 0.15) is 5.82 Å². The minimum atomic E-state index is -3.06. The molecule has 0 aromatic heterocycles. The fourth-order valence-corrected chi connectivity index (χ4v) is 17.7. The van der Waals surface area contributed by atoms with E-state index < -0.39 is 13.5 Å². The molecule has 1 heterocycles. The summed E-state index contributed by atoms with van der Waals surface area (Å²) in [5.74, 6) is -0.257. The zero-order valence-electron chi connectivity index (χ0n) is 37.4. The van der Waals surface area contributed by atoms with Gasteiger partial charge in [-0.1, -0.05) is 214 Å². The lowest BCUT2D eigenvalue weighted by molar-refractivity contribution is 0.629. The molecule has 0 bridgehead atoms. The second kappa shape index (κ2) is 14.8. The molecule has 67 heavy (non-hydrogen) atoms. The van der Waals surface area contributed by atoms with Gasteiger partial charge in [-0.3, -0.25) is 0 Å². The van der Waals surface area contributed by atoms with E-state index in [2.05, 4.69) is 249 Å². The smallest absolute Gasteiger partial charge is 0.181 e. The molecule has 2 aliphatic carbocycles. The van der Waals surface area contributed by atoms with Gasteiger partial charge in [-0.05, 0) is 130 Å². The predicted octanol–water partition coefficient (Wildman–Crippen LogP) is 13.3. The van der Waals surface area contributed by atoms with Gasteiger partial charge in [0.25, 0.3) is 0 Å². The Morgan fingerprint density at radius 1 is 0.343 bits per heavy atom. The van der Waals surface area contributed by atoms with Crippen molar-refractivity contribution in [2.75, 3.05) is 4.90 Å². The monoisotopic (exact) mass is 875 g/mol. The molecule has 3 heteroatoms. The maximum absolute atomic E-state index is 17.4. The fourth-order valence-electron chi connectivity index (χ4n) is 12.5. The highest BCUT2D eigenvalue weighted by atomic mass is 28.3. The van der Waals surface area contributed by atoms with Crippen LogP contribution in [0.25, 0.3) is 33.4 Å². The molecule has 0 unspecified atom stereocenters. The summed E-state index contributed by atoms with van der Waals surface area (Å²) in [7, 11) is -3.06. The van der Waals surface area contributed by atoms with E-state index in [9.17, 15) is 0 Å². The lowest BCUT2D eigenvalue weighted by Crippen LogP contribution is -2.72. The Morgan fingerprint density at radius 2 is 0.791 bits per heavy atom. The van der Waals surface area contributed by atoms with Gasteiger partial charge < -0.3 is 4.90 Å². The summed E-state index contributed by atoms with van der Waals surface area (Å²) in [6, 6.07) is 87.9. The Labute approximate surface area is 393 Å². The van der Waals surface area contributed by atoms with Gasteiger partial charge in [0.15, 0.2) is 8.07 Å². The lowest BCUT2D eigenvalue weighted by Gasteiger charge is -2.35. The van der Waals surface area contributed by atoms with E-state index in [0.717, 1.165) is 22.2 Å². The SMILES string of the molecule is CC1(C)c2ccccc2-c2ccc(N(c3cc(F)cc([Si]4(c5ccccc5)c5ccccc5-c5ccccc54)c3)c3ccc4c(c3)C(c3ccccc3)(c3ccccc3)c3ccccc3-4)cc21. The molecule has 13 rings (SSSR count). The first-order chi connectivity index (χ1) is 32.9. The number of hydrogen-bond donors (Lipinski definition) is 0. The van der Waals surface area contributed by atoms with E-state index in [0.29, 0.717) is 0 Å². The van der Waals surface area contributed by atoms with Crippen LogP contribution in [0.3, 0.4) is 0 Å². The summed E-state index contributed by atoms with van der Waals surface area (Å²) in [4.78, 5) is 2.33. The molecular formula is C64H46FNSi. The Morgan fingerprint density at radius 3 is 1.39 bits per heavy atom. The van der Waals surface area contributed by atoms with Crippen molar-refractivity contribution in [3.8, 4) is 33.4 Å². The third-order valence-corrected chi connectivity index (χ3v) is 20.1. The van der Waals surface area contributed by atoms with Crippen LogP contribution in [0.2, 0.25) is 0 Å². The van der Waals surface area contributed by atoms with Crippen LogP contribution >= 0.6 is 0 Å². The molecule has 10 aromatic carbocycles. The van der Waals surface area contributed by atoms with Crippen LogP contribution in [0.15, 0.2) is 243 Å². The molecule has 0 atom stereocenters. The first-order valence-corrected chi connectivity index (χ1v) is 25.4. The van der Waals surface area contributed by atoms with E-state index in [1.165, 1.54) is 82.3 Å². The molecule has 0 amide bonds.